The lowest BCUT2D eigenvalue weighted by Crippen LogP contribution is -2.36. The van der Waals surface area contributed by atoms with Gasteiger partial charge in [0, 0.05) is 46.9 Å². The Kier molecular flexibility index (Phi) is 6.17. The maximum Gasteiger partial charge on any atom is 0.341 e. The molecule has 1 aliphatic heterocycles. The SMILES string of the molecule is C=CCc1cc(C2C3=C(CCCC3=O)NC3=C2C(=O)CCC3)cc(OC)c1OCC(=O)O. The number of carboxylic acid groups (broad SMARTS) is 1. The largest absolute Gasteiger partial charge is 0.493 e. The summed E-state index contributed by atoms with van der Waals surface area (Å²) in [5, 5.41) is 12.5. The number of rotatable bonds is 7. The first-order valence-electron chi connectivity index (χ1n) is 10.9. The Morgan fingerprint density at radius 3 is 2.28 bits per heavy atom. The molecular formula is C25H27NO6. The van der Waals surface area contributed by atoms with E-state index in [1.54, 1.807) is 12.1 Å². The molecule has 2 N–H and O–H groups in total. The molecule has 1 heterocycles. The third-order valence-electron chi connectivity index (χ3n) is 6.20. The molecule has 0 amide bonds. The van der Waals surface area contributed by atoms with Crippen molar-refractivity contribution in [3.05, 3.63) is 58.5 Å². The molecule has 0 fully saturated rings. The third kappa shape index (κ3) is 3.95. The smallest absolute Gasteiger partial charge is 0.341 e. The zero-order valence-corrected chi connectivity index (χ0v) is 18.2. The Hall–Kier alpha value is -3.35. The summed E-state index contributed by atoms with van der Waals surface area (Å²) in [6.45, 7) is 3.29. The minimum Gasteiger partial charge on any atom is -0.493 e. The van der Waals surface area contributed by atoms with Crippen molar-refractivity contribution in [3.8, 4) is 11.5 Å². The number of Topliss-reactive ketones (excluding diaryl/α,β-unsaturated/α-hetero) is 2. The molecule has 0 aromatic heterocycles. The van der Waals surface area contributed by atoms with Gasteiger partial charge in [-0.25, -0.2) is 4.79 Å². The number of ether oxygens (including phenoxy) is 2. The van der Waals surface area contributed by atoms with E-state index in [0.717, 1.165) is 42.6 Å². The van der Waals surface area contributed by atoms with Crippen molar-refractivity contribution in [2.75, 3.05) is 13.7 Å². The molecule has 168 valence electrons. The molecule has 7 heteroatoms. The number of aliphatic carboxylic acids is 1. The number of dihydropyridines is 1. The number of benzene rings is 1. The number of carbonyl (C=O) groups excluding carboxylic acids is 2. The van der Waals surface area contributed by atoms with Crippen molar-refractivity contribution in [1.29, 1.82) is 0 Å². The van der Waals surface area contributed by atoms with Crippen LogP contribution in [0.3, 0.4) is 0 Å². The summed E-state index contributed by atoms with van der Waals surface area (Å²) in [4.78, 5) is 37.1. The molecule has 32 heavy (non-hydrogen) atoms. The predicted octanol–water partition coefficient (Wildman–Crippen LogP) is 3.59. The molecule has 0 spiro atoms. The van der Waals surface area contributed by atoms with Crippen molar-refractivity contribution in [2.24, 2.45) is 0 Å². The zero-order chi connectivity index (χ0) is 22.8. The van der Waals surface area contributed by atoms with E-state index < -0.39 is 18.5 Å². The molecule has 0 radical (unpaired) electrons. The van der Waals surface area contributed by atoms with Crippen molar-refractivity contribution >= 4 is 17.5 Å². The molecule has 4 rings (SSSR count). The summed E-state index contributed by atoms with van der Waals surface area (Å²) in [7, 11) is 1.49. The number of allylic oxidation sites excluding steroid dienone is 5. The van der Waals surface area contributed by atoms with Crippen LogP contribution in [0.4, 0.5) is 0 Å². The fraction of sp³-hybridized carbons (Fsp3) is 0.400. The first kappa shape index (κ1) is 21.9. The van der Waals surface area contributed by atoms with E-state index in [1.807, 2.05) is 6.07 Å². The fourth-order valence-corrected chi connectivity index (χ4v) is 4.92. The van der Waals surface area contributed by atoms with Gasteiger partial charge in [-0.3, -0.25) is 9.59 Å². The number of ketones is 2. The standard InChI is InChI=1S/C25H27NO6/c1-3-6-14-11-15(12-20(31-2)25(14)32-13-21(29)30)22-23-16(7-4-9-18(23)27)26-17-8-5-10-19(28)24(17)22/h3,11-12,22,26H,1,4-10,13H2,2H3,(H,29,30). The zero-order valence-electron chi connectivity index (χ0n) is 18.2. The van der Waals surface area contributed by atoms with Crippen LogP contribution in [-0.4, -0.2) is 36.4 Å². The summed E-state index contributed by atoms with van der Waals surface area (Å²) in [6.07, 6.45) is 6.18. The van der Waals surface area contributed by atoms with Crippen LogP contribution in [0.5, 0.6) is 11.5 Å². The van der Waals surface area contributed by atoms with Crippen LogP contribution >= 0.6 is 0 Å². The van der Waals surface area contributed by atoms with Crippen LogP contribution in [0, 0.1) is 0 Å². The monoisotopic (exact) mass is 437 g/mol. The molecule has 0 bridgehead atoms. The Morgan fingerprint density at radius 1 is 1.12 bits per heavy atom. The van der Waals surface area contributed by atoms with Gasteiger partial charge in [0.25, 0.3) is 0 Å². The summed E-state index contributed by atoms with van der Waals surface area (Å²) in [5.41, 5.74) is 4.62. The lowest BCUT2D eigenvalue weighted by Gasteiger charge is -2.37. The van der Waals surface area contributed by atoms with Gasteiger partial charge in [-0.1, -0.05) is 12.1 Å². The number of nitrogens with one attached hydrogen (secondary N) is 1. The van der Waals surface area contributed by atoms with Crippen LogP contribution in [0.15, 0.2) is 47.3 Å². The van der Waals surface area contributed by atoms with Gasteiger partial charge in [-0.2, -0.15) is 0 Å². The van der Waals surface area contributed by atoms with Crippen molar-refractivity contribution in [3.63, 3.8) is 0 Å². The summed E-state index contributed by atoms with van der Waals surface area (Å²) in [6, 6.07) is 3.65. The average molecular weight is 437 g/mol. The highest BCUT2D eigenvalue weighted by molar-refractivity contribution is 6.06. The lowest BCUT2D eigenvalue weighted by molar-refractivity contribution is -0.139. The first-order valence-corrected chi connectivity index (χ1v) is 10.9. The maximum absolute atomic E-state index is 13.0. The van der Waals surface area contributed by atoms with E-state index in [-0.39, 0.29) is 11.6 Å². The molecule has 7 nitrogen and oxygen atoms in total. The molecular weight excluding hydrogens is 410 g/mol. The minimum atomic E-state index is -1.09. The number of carboxylic acids is 1. The highest BCUT2D eigenvalue weighted by atomic mass is 16.5. The second kappa shape index (κ2) is 9.02. The Labute approximate surface area is 186 Å². The van der Waals surface area contributed by atoms with Crippen LogP contribution < -0.4 is 14.8 Å². The quantitative estimate of drug-likeness (QED) is 0.629. The molecule has 0 saturated carbocycles. The topological polar surface area (TPSA) is 102 Å². The molecule has 0 saturated heterocycles. The highest BCUT2D eigenvalue weighted by Crippen LogP contribution is 2.47. The van der Waals surface area contributed by atoms with E-state index in [1.165, 1.54) is 7.11 Å². The lowest BCUT2D eigenvalue weighted by atomic mass is 9.71. The number of carbonyl (C=O) groups is 3. The van der Waals surface area contributed by atoms with E-state index in [2.05, 4.69) is 11.9 Å². The summed E-state index contributed by atoms with van der Waals surface area (Å²) < 4.78 is 11.1. The average Bonchev–Trinajstić information content (AvgIpc) is 2.77. The fourth-order valence-electron chi connectivity index (χ4n) is 4.92. The Bertz CT molecular complexity index is 1020. The molecule has 2 aliphatic carbocycles. The van der Waals surface area contributed by atoms with Crippen LogP contribution in [0.2, 0.25) is 0 Å². The summed E-state index contributed by atoms with van der Waals surface area (Å²) in [5.74, 6) is -0.735. The van der Waals surface area contributed by atoms with E-state index in [0.29, 0.717) is 47.5 Å². The second-order valence-corrected chi connectivity index (χ2v) is 8.28. The second-order valence-electron chi connectivity index (χ2n) is 8.28. The molecule has 1 aromatic rings. The van der Waals surface area contributed by atoms with E-state index in [9.17, 15) is 14.4 Å². The summed E-state index contributed by atoms with van der Waals surface area (Å²) >= 11 is 0. The normalized spacial score (nSPS) is 18.7. The van der Waals surface area contributed by atoms with Crippen molar-refractivity contribution in [1.82, 2.24) is 5.32 Å². The molecule has 1 aromatic carbocycles. The highest BCUT2D eigenvalue weighted by Gasteiger charge is 2.40. The van der Waals surface area contributed by atoms with Gasteiger partial charge in [0.1, 0.15) is 0 Å². The minimum absolute atomic E-state index is 0.0594. The number of hydrogen-bond acceptors (Lipinski definition) is 6. The molecule has 0 unspecified atom stereocenters. The van der Waals surface area contributed by atoms with Crippen molar-refractivity contribution in [2.45, 2.75) is 50.9 Å². The van der Waals surface area contributed by atoms with Gasteiger partial charge in [-0.15, -0.1) is 6.58 Å². The van der Waals surface area contributed by atoms with E-state index >= 15 is 0 Å². The van der Waals surface area contributed by atoms with E-state index in [4.69, 9.17) is 14.6 Å². The maximum atomic E-state index is 13.0. The van der Waals surface area contributed by atoms with Crippen LogP contribution in [-0.2, 0) is 20.8 Å². The number of hydrogen-bond donors (Lipinski definition) is 2. The molecule has 0 atom stereocenters. The first-order chi connectivity index (χ1) is 15.4. The van der Waals surface area contributed by atoms with Gasteiger partial charge >= 0.3 is 5.97 Å². The third-order valence-corrected chi connectivity index (χ3v) is 6.20. The van der Waals surface area contributed by atoms with Gasteiger partial charge in [0.15, 0.2) is 29.7 Å². The number of methoxy groups -OCH3 is 1. The Balaban J connectivity index is 1.90. The van der Waals surface area contributed by atoms with Gasteiger partial charge in [0.2, 0.25) is 0 Å². The van der Waals surface area contributed by atoms with Crippen LogP contribution in [0.25, 0.3) is 0 Å². The Morgan fingerprint density at radius 2 is 1.75 bits per heavy atom. The van der Waals surface area contributed by atoms with Crippen LogP contribution in [0.1, 0.15) is 55.6 Å². The van der Waals surface area contributed by atoms with Gasteiger partial charge in [0.05, 0.1) is 7.11 Å². The van der Waals surface area contributed by atoms with Gasteiger partial charge in [-0.05, 0) is 43.7 Å². The predicted molar refractivity (Wildman–Crippen MR) is 118 cm³/mol. The van der Waals surface area contributed by atoms with Crippen molar-refractivity contribution < 1.29 is 29.0 Å². The van der Waals surface area contributed by atoms with Gasteiger partial charge < -0.3 is 19.9 Å². The molecule has 3 aliphatic rings.